The van der Waals surface area contributed by atoms with Crippen molar-refractivity contribution in [2.24, 2.45) is 0 Å². The van der Waals surface area contributed by atoms with Crippen LogP contribution in [0.5, 0.6) is 0 Å². The molecular weight excluding hydrogens is 412 g/mol. The summed E-state index contributed by atoms with van der Waals surface area (Å²) in [5, 5.41) is 28.6. The predicted octanol–water partition coefficient (Wildman–Crippen LogP) is 3.86. The molecule has 0 radical (unpaired) electrons. The third-order valence-electron chi connectivity index (χ3n) is 5.56. The van der Waals surface area contributed by atoms with Crippen LogP contribution in [-0.4, -0.2) is 65.7 Å². The zero-order chi connectivity index (χ0) is 24.0. The van der Waals surface area contributed by atoms with E-state index in [-0.39, 0.29) is 6.42 Å². The normalized spacial score (nSPS) is 15.4. The lowest BCUT2D eigenvalue weighted by Crippen LogP contribution is -2.49. The van der Waals surface area contributed by atoms with Crippen LogP contribution in [-0.2, 0) is 19.1 Å². The summed E-state index contributed by atoms with van der Waals surface area (Å²) in [7, 11) is 1.24. The van der Waals surface area contributed by atoms with Gasteiger partial charge in [-0.3, -0.25) is 4.79 Å². The number of unbranched alkanes of at least 4 members (excludes halogenated alkanes) is 11. The minimum atomic E-state index is -1.62. The minimum absolute atomic E-state index is 0.159. The van der Waals surface area contributed by atoms with E-state index < -0.39 is 37.0 Å². The van der Waals surface area contributed by atoms with E-state index in [1.54, 1.807) is 0 Å². The Morgan fingerprint density at radius 2 is 1.41 bits per heavy atom. The van der Waals surface area contributed by atoms with Gasteiger partial charge in [0.25, 0.3) is 0 Å². The van der Waals surface area contributed by atoms with Crippen LogP contribution in [0.4, 0.5) is 0 Å². The molecule has 0 aromatic heterocycles. The molecule has 4 atom stereocenters. The number of ether oxygens (including phenoxy) is 2. The fourth-order valence-corrected chi connectivity index (χ4v) is 3.48. The molecule has 0 spiro atoms. The lowest BCUT2D eigenvalue weighted by Gasteiger charge is -2.28. The molecule has 0 aromatic rings. The van der Waals surface area contributed by atoms with Gasteiger partial charge in [0.05, 0.1) is 6.61 Å². The highest BCUT2D eigenvalue weighted by atomic mass is 16.6. The Balaban J connectivity index is 3.88. The van der Waals surface area contributed by atoms with Gasteiger partial charge in [0, 0.05) is 13.5 Å². The van der Waals surface area contributed by atoms with Gasteiger partial charge < -0.3 is 29.6 Å². The van der Waals surface area contributed by atoms with Crippen molar-refractivity contribution < 1.29 is 34.4 Å². The monoisotopic (exact) mass is 458 g/mol. The third-order valence-corrected chi connectivity index (χ3v) is 5.56. The molecule has 0 saturated heterocycles. The SMILES string of the molecule is CCCCCCCC/C=C\CCCCCCCC(=O)O[C@@H]([C@H](O)[C@H](O)CO)[C@H](C=O)OC. The summed E-state index contributed by atoms with van der Waals surface area (Å²) in [6.45, 7) is 1.51. The van der Waals surface area contributed by atoms with Crippen LogP contribution in [0.25, 0.3) is 0 Å². The summed E-state index contributed by atoms with van der Waals surface area (Å²) in [5.41, 5.74) is 0. The van der Waals surface area contributed by atoms with Gasteiger partial charge in [0.1, 0.15) is 12.2 Å². The van der Waals surface area contributed by atoms with Crippen molar-refractivity contribution in [3.05, 3.63) is 12.2 Å². The first kappa shape index (κ1) is 30.7. The number of methoxy groups -OCH3 is 1. The molecule has 0 aromatic carbocycles. The van der Waals surface area contributed by atoms with Gasteiger partial charge in [-0.25, -0.2) is 0 Å². The molecule has 7 heteroatoms. The number of carbonyl (C=O) groups excluding carboxylic acids is 2. The van der Waals surface area contributed by atoms with Crippen LogP contribution in [0, 0.1) is 0 Å². The van der Waals surface area contributed by atoms with Crippen molar-refractivity contribution in [2.75, 3.05) is 13.7 Å². The first-order chi connectivity index (χ1) is 15.5. The number of aldehydes is 1. The molecule has 0 fully saturated rings. The third kappa shape index (κ3) is 15.5. The van der Waals surface area contributed by atoms with Gasteiger partial charge in [-0.15, -0.1) is 0 Å². The van der Waals surface area contributed by atoms with E-state index >= 15 is 0 Å². The van der Waals surface area contributed by atoms with Gasteiger partial charge in [0.2, 0.25) is 0 Å². The van der Waals surface area contributed by atoms with Gasteiger partial charge >= 0.3 is 5.97 Å². The number of hydrogen-bond donors (Lipinski definition) is 3. The standard InChI is InChI=1S/C25H46O7/c1-3-4-5-6-7-8-9-10-11-12-13-14-15-16-17-18-23(29)32-25(22(20-27)31-2)24(30)21(28)19-26/h10-11,20-22,24-26,28,30H,3-9,12-19H2,1-2H3/b11-10-/t21-,22+,24-,25-/m1/s1. The first-order valence-electron chi connectivity index (χ1n) is 12.3. The van der Waals surface area contributed by atoms with Crippen LogP contribution in [0.1, 0.15) is 96.8 Å². The van der Waals surface area contributed by atoms with Crippen molar-refractivity contribution in [3.63, 3.8) is 0 Å². The largest absolute Gasteiger partial charge is 0.456 e. The second-order valence-corrected chi connectivity index (χ2v) is 8.37. The molecule has 32 heavy (non-hydrogen) atoms. The molecule has 0 aliphatic carbocycles. The summed E-state index contributed by atoms with van der Waals surface area (Å²) >= 11 is 0. The zero-order valence-electron chi connectivity index (χ0n) is 20.1. The zero-order valence-corrected chi connectivity index (χ0v) is 20.1. The maximum atomic E-state index is 12.1. The number of allylic oxidation sites excluding steroid dienone is 2. The molecule has 0 aliphatic heterocycles. The Kier molecular flexibility index (Phi) is 20.7. The smallest absolute Gasteiger partial charge is 0.306 e. The Morgan fingerprint density at radius 1 is 0.875 bits per heavy atom. The van der Waals surface area contributed by atoms with E-state index in [0.29, 0.717) is 12.7 Å². The van der Waals surface area contributed by atoms with Gasteiger partial charge in [-0.1, -0.05) is 70.4 Å². The number of aliphatic hydroxyl groups is 3. The maximum absolute atomic E-state index is 12.1. The van der Waals surface area contributed by atoms with Crippen molar-refractivity contribution in [2.45, 2.75) is 121 Å². The maximum Gasteiger partial charge on any atom is 0.306 e. The number of esters is 1. The Hall–Kier alpha value is -1.28. The topological polar surface area (TPSA) is 113 Å². The average Bonchev–Trinajstić information content (AvgIpc) is 2.80. The van der Waals surface area contributed by atoms with Gasteiger partial charge in [-0.2, -0.15) is 0 Å². The Labute approximate surface area is 194 Å². The molecule has 0 rings (SSSR count). The van der Waals surface area contributed by atoms with E-state index in [2.05, 4.69) is 19.1 Å². The quantitative estimate of drug-likeness (QED) is 0.0977. The second-order valence-electron chi connectivity index (χ2n) is 8.37. The van der Waals surface area contributed by atoms with Crippen LogP contribution >= 0.6 is 0 Å². The van der Waals surface area contributed by atoms with Crippen LogP contribution in [0.3, 0.4) is 0 Å². The highest BCUT2D eigenvalue weighted by Crippen LogP contribution is 2.14. The lowest BCUT2D eigenvalue weighted by molar-refractivity contribution is -0.176. The number of rotatable bonds is 22. The molecular formula is C25H46O7. The number of hydrogen-bond acceptors (Lipinski definition) is 7. The fourth-order valence-electron chi connectivity index (χ4n) is 3.48. The second kappa shape index (κ2) is 21.6. The van der Waals surface area contributed by atoms with Crippen molar-refractivity contribution in [1.29, 1.82) is 0 Å². The molecule has 0 unspecified atom stereocenters. The summed E-state index contributed by atoms with van der Waals surface area (Å²) in [5.74, 6) is -0.569. The summed E-state index contributed by atoms with van der Waals surface area (Å²) in [6, 6.07) is 0. The first-order valence-corrected chi connectivity index (χ1v) is 12.3. The van der Waals surface area contributed by atoms with Crippen LogP contribution in [0.15, 0.2) is 12.2 Å². The molecule has 0 amide bonds. The minimum Gasteiger partial charge on any atom is -0.456 e. The van der Waals surface area contributed by atoms with E-state index in [9.17, 15) is 19.8 Å². The van der Waals surface area contributed by atoms with Crippen molar-refractivity contribution in [1.82, 2.24) is 0 Å². The summed E-state index contributed by atoms with van der Waals surface area (Å²) < 4.78 is 10.1. The molecule has 0 bridgehead atoms. The van der Waals surface area contributed by atoms with Crippen LogP contribution < -0.4 is 0 Å². The Morgan fingerprint density at radius 3 is 1.91 bits per heavy atom. The molecule has 0 aliphatic rings. The van der Waals surface area contributed by atoms with Crippen molar-refractivity contribution in [3.8, 4) is 0 Å². The molecule has 3 N–H and O–H groups in total. The Bertz CT molecular complexity index is 481. The summed E-state index contributed by atoms with van der Waals surface area (Å²) in [6.07, 6.45) is 14.4. The number of carbonyl (C=O) groups is 2. The summed E-state index contributed by atoms with van der Waals surface area (Å²) in [4.78, 5) is 23.2. The van der Waals surface area contributed by atoms with Crippen LogP contribution in [0.2, 0.25) is 0 Å². The fraction of sp³-hybridized carbons (Fsp3) is 0.840. The van der Waals surface area contributed by atoms with Gasteiger partial charge in [0.15, 0.2) is 18.5 Å². The molecule has 0 saturated carbocycles. The van der Waals surface area contributed by atoms with E-state index in [0.717, 1.165) is 32.1 Å². The van der Waals surface area contributed by atoms with E-state index in [1.807, 2.05) is 0 Å². The lowest BCUT2D eigenvalue weighted by atomic mass is 10.0. The highest BCUT2D eigenvalue weighted by Gasteiger charge is 2.36. The predicted molar refractivity (Wildman–Crippen MR) is 125 cm³/mol. The molecule has 0 heterocycles. The van der Waals surface area contributed by atoms with Crippen molar-refractivity contribution >= 4 is 12.3 Å². The molecule has 188 valence electrons. The average molecular weight is 459 g/mol. The number of aliphatic hydroxyl groups excluding tert-OH is 3. The molecule has 7 nitrogen and oxygen atoms in total. The van der Waals surface area contributed by atoms with Gasteiger partial charge in [-0.05, 0) is 32.1 Å². The highest BCUT2D eigenvalue weighted by molar-refractivity contribution is 5.70. The van der Waals surface area contributed by atoms with E-state index in [4.69, 9.17) is 14.6 Å². The van der Waals surface area contributed by atoms with E-state index in [1.165, 1.54) is 52.1 Å².